The Bertz CT molecular complexity index is 418. The van der Waals surface area contributed by atoms with Crippen LogP contribution in [0.1, 0.15) is 15.9 Å². The van der Waals surface area contributed by atoms with Crippen molar-refractivity contribution < 1.29 is 14.3 Å². The number of primary amides is 1. The lowest BCUT2D eigenvalue weighted by molar-refractivity contribution is 0.0996. The molecule has 0 fully saturated rings. The number of aliphatic hydroxyl groups is 1. The number of halogens is 1. The lowest BCUT2D eigenvalue weighted by atomic mass is 10.1. The maximum absolute atomic E-state index is 12.9. The van der Waals surface area contributed by atoms with Crippen molar-refractivity contribution in [3.8, 4) is 11.8 Å². The Morgan fingerprint density at radius 3 is 2.86 bits per heavy atom. The standard InChI is InChI=1S/C10H8FNO2/c11-9-4-3-7(2-1-5-13)6-8(9)10(12)14/h3-4,6,13H,5H2,(H2,12,14). The lowest BCUT2D eigenvalue weighted by Gasteiger charge is -1.98. The summed E-state index contributed by atoms with van der Waals surface area (Å²) < 4.78 is 12.9. The van der Waals surface area contributed by atoms with Crippen LogP contribution < -0.4 is 5.73 Å². The van der Waals surface area contributed by atoms with E-state index in [0.29, 0.717) is 5.56 Å². The van der Waals surface area contributed by atoms with Crippen LogP contribution in [0.2, 0.25) is 0 Å². The molecule has 1 aromatic rings. The van der Waals surface area contributed by atoms with Gasteiger partial charge in [-0.05, 0) is 18.2 Å². The number of carbonyl (C=O) groups is 1. The summed E-state index contributed by atoms with van der Waals surface area (Å²) in [5, 5.41) is 8.42. The Morgan fingerprint density at radius 2 is 2.29 bits per heavy atom. The molecule has 1 amide bonds. The van der Waals surface area contributed by atoms with Gasteiger partial charge in [0.2, 0.25) is 0 Å². The van der Waals surface area contributed by atoms with Crippen LogP contribution in [0.5, 0.6) is 0 Å². The zero-order valence-electron chi connectivity index (χ0n) is 7.25. The van der Waals surface area contributed by atoms with Gasteiger partial charge < -0.3 is 10.8 Å². The first kappa shape index (κ1) is 10.2. The molecule has 0 saturated heterocycles. The number of nitrogens with two attached hydrogens (primary N) is 1. The highest BCUT2D eigenvalue weighted by atomic mass is 19.1. The highest BCUT2D eigenvalue weighted by Crippen LogP contribution is 2.08. The molecule has 72 valence electrons. The summed E-state index contributed by atoms with van der Waals surface area (Å²) in [5.41, 5.74) is 5.18. The molecule has 3 nitrogen and oxygen atoms in total. The fraction of sp³-hybridized carbons (Fsp3) is 0.100. The number of hydrogen-bond donors (Lipinski definition) is 2. The van der Waals surface area contributed by atoms with Gasteiger partial charge in [-0.1, -0.05) is 11.8 Å². The van der Waals surface area contributed by atoms with E-state index in [0.717, 1.165) is 6.07 Å². The quantitative estimate of drug-likeness (QED) is 0.629. The number of benzene rings is 1. The third-order valence-corrected chi connectivity index (χ3v) is 1.54. The summed E-state index contributed by atoms with van der Waals surface area (Å²) in [5.74, 6) is 3.41. The Hall–Kier alpha value is -1.86. The number of amides is 1. The second-order valence-electron chi connectivity index (χ2n) is 2.52. The van der Waals surface area contributed by atoms with Gasteiger partial charge in [-0.3, -0.25) is 4.79 Å². The maximum atomic E-state index is 12.9. The third kappa shape index (κ3) is 2.31. The molecule has 0 bridgehead atoms. The molecular weight excluding hydrogens is 185 g/mol. The van der Waals surface area contributed by atoms with Gasteiger partial charge in [-0.15, -0.1) is 0 Å². The normalized spacial score (nSPS) is 9.00. The van der Waals surface area contributed by atoms with E-state index in [2.05, 4.69) is 11.8 Å². The largest absolute Gasteiger partial charge is 0.384 e. The summed E-state index contributed by atoms with van der Waals surface area (Å²) in [7, 11) is 0. The fourth-order valence-corrected chi connectivity index (χ4v) is 0.933. The van der Waals surface area contributed by atoms with Crippen LogP contribution in [0.25, 0.3) is 0 Å². The molecule has 0 aliphatic rings. The predicted octanol–water partition coefficient (Wildman–Crippen LogP) is 0.268. The minimum Gasteiger partial charge on any atom is -0.384 e. The summed E-state index contributed by atoms with van der Waals surface area (Å²) >= 11 is 0. The smallest absolute Gasteiger partial charge is 0.251 e. The molecule has 3 N–H and O–H groups in total. The van der Waals surface area contributed by atoms with Gasteiger partial charge in [0.25, 0.3) is 5.91 Å². The van der Waals surface area contributed by atoms with Gasteiger partial charge in [0.15, 0.2) is 0 Å². The van der Waals surface area contributed by atoms with E-state index in [4.69, 9.17) is 10.8 Å². The van der Waals surface area contributed by atoms with Gasteiger partial charge >= 0.3 is 0 Å². The number of carbonyl (C=O) groups excluding carboxylic acids is 1. The van der Waals surface area contributed by atoms with Crippen molar-refractivity contribution in [2.24, 2.45) is 5.73 Å². The molecule has 0 unspecified atom stereocenters. The monoisotopic (exact) mass is 193 g/mol. The molecule has 0 aliphatic carbocycles. The van der Waals surface area contributed by atoms with E-state index in [1.165, 1.54) is 12.1 Å². The number of aliphatic hydroxyl groups excluding tert-OH is 1. The summed E-state index contributed by atoms with van der Waals surface area (Å²) in [4.78, 5) is 10.7. The van der Waals surface area contributed by atoms with Crippen LogP contribution in [-0.4, -0.2) is 17.6 Å². The van der Waals surface area contributed by atoms with Crippen molar-refractivity contribution in [3.63, 3.8) is 0 Å². The van der Waals surface area contributed by atoms with Gasteiger partial charge in [-0.25, -0.2) is 4.39 Å². The zero-order valence-corrected chi connectivity index (χ0v) is 7.25. The van der Waals surface area contributed by atoms with Crippen LogP contribution in [0.3, 0.4) is 0 Å². The minimum atomic E-state index is -0.838. The molecule has 0 spiro atoms. The average molecular weight is 193 g/mol. The van der Waals surface area contributed by atoms with Crippen LogP contribution in [0, 0.1) is 17.7 Å². The second-order valence-corrected chi connectivity index (χ2v) is 2.52. The first-order valence-electron chi connectivity index (χ1n) is 3.84. The minimum absolute atomic E-state index is 0.199. The SMILES string of the molecule is NC(=O)c1cc(C#CCO)ccc1F. The van der Waals surface area contributed by atoms with E-state index in [1.54, 1.807) is 0 Å². The van der Waals surface area contributed by atoms with Crippen LogP contribution in [0.15, 0.2) is 18.2 Å². The van der Waals surface area contributed by atoms with E-state index < -0.39 is 11.7 Å². The average Bonchev–Trinajstić information content (AvgIpc) is 2.16. The van der Waals surface area contributed by atoms with E-state index >= 15 is 0 Å². The van der Waals surface area contributed by atoms with E-state index in [1.807, 2.05) is 0 Å². The van der Waals surface area contributed by atoms with Crippen molar-refractivity contribution in [1.29, 1.82) is 0 Å². The summed E-state index contributed by atoms with van der Waals surface area (Å²) in [6, 6.07) is 3.77. The molecule has 0 atom stereocenters. The van der Waals surface area contributed by atoms with Gasteiger partial charge in [0.05, 0.1) is 5.56 Å². The summed E-state index contributed by atoms with van der Waals surface area (Å²) in [6.45, 7) is -0.288. The molecule has 4 heteroatoms. The van der Waals surface area contributed by atoms with Crippen molar-refractivity contribution in [2.75, 3.05) is 6.61 Å². The molecule has 0 heterocycles. The van der Waals surface area contributed by atoms with Crippen molar-refractivity contribution in [1.82, 2.24) is 0 Å². The Balaban J connectivity index is 3.13. The zero-order chi connectivity index (χ0) is 10.6. The van der Waals surface area contributed by atoms with Gasteiger partial charge in [0, 0.05) is 5.56 Å². The van der Waals surface area contributed by atoms with Crippen LogP contribution in [0.4, 0.5) is 4.39 Å². The molecule has 14 heavy (non-hydrogen) atoms. The molecule has 0 aromatic heterocycles. The van der Waals surface area contributed by atoms with Gasteiger partial charge in [-0.2, -0.15) is 0 Å². The highest BCUT2D eigenvalue weighted by molar-refractivity contribution is 5.93. The van der Waals surface area contributed by atoms with E-state index in [9.17, 15) is 9.18 Å². The molecular formula is C10H8FNO2. The Labute approximate surface area is 80.4 Å². The predicted molar refractivity (Wildman–Crippen MR) is 48.9 cm³/mol. The topological polar surface area (TPSA) is 63.3 Å². The van der Waals surface area contributed by atoms with Gasteiger partial charge in [0.1, 0.15) is 12.4 Å². The molecule has 1 aromatic carbocycles. The highest BCUT2D eigenvalue weighted by Gasteiger charge is 2.07. The Morgan fingerprint density at radius 1 is 1.57 bits per heavy atom. The first-order chi connectivity index (χ1) is 6.65. The van der Waals surface area contributed by atoms with Crippen molar-refractivity contribution in [3.05, 3.63) is 35.1 Å². The summed E-state index contributed by atoms with van der Waals surface area (Å²) in [6.07, 6.45) is 0. The van der Waals surface area contributed by atoms with Crippen LogP contribution >= 0.6 is 0 Å². The Kier molecular flexibility index (Phi) is 3.21. The fourth-order valence-electron chi connectivity index (χ4n) is 0.933. The van der Waals surface area contributed by atoms with Crippen molar-refractivity contribution >= 4 is 5.91 Å². The van der Waals surface area contributed by atoms with Crippen molar-refractivity contribution in [2.45, 2.75) is 0 Å². The van der Waals surface area contributed by atoms with E-state index in [-0.39, 0.29) is 12.2 Å². The third-order valence-electron chi connectivity index (χ3n) is 1.54. The number of rotatable bonds is 1. The second kappa shape index (κ2) is 4.40. The first-order valence-corrected chi connectivity index (χ1v) is 3.84. The molecule has 0 aliphatic heterocycles. The molecule has 0 radical (unpaired) electrons. The molecule has 1 rings (SSSR count). The number of hydrogen-bond acceptors (Lipinski definition) is 2. The van der Waals surface area contributed by atoms with Crippen LogP contribution in [-0.2, 0) is 0 Å². The maximum Gasteiger partial charge on any atom is 0.251 e. The lowest BCUT2D eigenvalue weighted by Crippen LogP contribution is -2.13. The molecule has 0 saturated carbocycles.